The molecule has 3 N–H and O–H groups in total. The second-order valence-corrected chi connectivity index (χ2v) is 5.70. The van der Waals surface area contributed by atoms with E-state index < -0.39 is 0 Å². The molecular weight excluding hydrogens is 294 g/mol. The molecule has 0 saturated carbocycles. The monoisotopic (exact) mass is 313 g/mol. The third-order valence-corrected chi connectivity index (χ3v) is 3.89. The standard InChI is InChI=1S/C14H20ClN3OS/c1-2-18-5-6-19-11(9-18)8-17-13-7-10(15)3-4-12(13)14(16)20/h3-4,7,11,17H,2,5-6,8-9H2,1H3,(H2,16,20). The van der Waals surface area contributed by atoms with Crippen LogP contribution in [-0.2, 0) is 4.74 Å². The van der Waals surface area contributed by atoms with Crippen molar-refractivity contribution in [1.29, 1.82) is 0 Å². The summed E-state index contributed by atoms with van der Waals surface area (Å²) >= 11 is 11.1. The zero-order valence-electron chi connectivity index (χ0n) is 11.6. The highest BCUT2D eigenvalue weighted by molar-refractivity contribution is 7.80. The van der Waals surface area contributed by atoms with Gasteiger partial charge in [0.05, 0.1) is 12.7 Å². The number of nitrogens with two attached hydrogens (primary N) is 1. The lowest BCUT2D eigenvalue weighted by molar-refractivity contribution is -0.0191. The summed E-state index contributed by atoms with van der Waals surface area (Å²) in [5, 5.41) is 4.01. The first kappa shape index (κ1) is 15.5. The second-order valence-electron chi connectivity index (χ2n) is 4.82. The third-order valence-electron chi connectivity index (χ3n) is 3.44. The number of likely N-dealkylation sites (N-methyl/N-ethyl adjacent to an activating group) is 1. The molecule has 1 unspecified atom stereocenters. The van der Waals surface area contributed by atoms with Crippen molar-refractivity contribution in [3.63, 3.8) is 0 Å². The van der Waals surface area contributed by atoms with Crippen LogP contribution in [0.5, 0.6) is 0 Å². The van der Waals surface area contributed by atoms with E-state index in [9.17, 15) is 0 Å². The molecule has 1 aliphatic heterocycles. The van der Waals surface area contributed by atoms with E-state index in [1.165, 1.54) is 0 Å². The normalized spacial score (nSPS) is 19.8. The van der Waals surface area contributed by atoms with Crippen molar-refractivity contribution in [3.05, 3.63) is 28.8 Å². The van der Waals surface area contributed by atoms with E-state index in [2.05, 4.69) is 17.1 Å². The number of nitrogens with one attached hydrogen (secondary N) is 1. The molecule has 0 aromatic heterocycles. The summed E-state index contributed by atoms with van der Waals surface area (Å²) in [5.74, 6) is 0. The van der Waals surface area contributed by atoms with Crippen LogP contribution < -0.4 is 11.1 Å². The minimum atomic E-state index is 0.168. The van der Waals surface area contributed by atoms with Gasteiger partial charge in [0.2, 0.25) is 0 Å². The molecule has 1 aromatic rings. The summed E-state index contributed by atoms with van der Waals surface area (Å²) < 4.78 is 5.76. The van der Waals surface area contributed by atoms with Crippen molar-refractivity contribution < 1.29 is 4.74 Å². The Morgan fingerprint density at radius 2 is 2.40 bits per heavy atom. The summed E-state index contributed by atoms with van der Waals surface area (Å²) in [6, 6.07) is 5.47. The Bertz CT molecular complexity index is 483. The molecule has 20 heavy (non-hydrogen) atoms. The first-order valence-corrected chi connectivity index (χ1v) is 7.56. The molecular formula is C14H20ClN3OS. The van der Waals surface area contributed by atoms with Gasteiger partial charge in [-0.1, -0.05) is 30.7 Å². The maximum absolute atomic E-state index is 6.03. The van der Waals surface area contributed by atoms with Crippen LogP contribution in [-0.4, -0.2) is 48.8 Å². The van der Waals surface area contributed by atoms with Gasteiger partial charge < -0.3 is 15.8 Å². The van der Waals surface area contributed by atoms with Crippen LogP contribution in [0, 0.1) is 0 Å². The van der Waals surface area contributed by atoms with Gasteiger partial charge in [0.15, 0.2) is 0 Å². The van der Waals surface area contributed by atoms with E-state index in [1.807, 2.05) is 12.1 Å². The second kappa shape index (κ2) is 7.22. The highest BCUT2D eigenvalue weighted by Gasteiger charge is 2.19. The van der Waals surface area contributed by atoms with Gasteiger partial charge in [-0.15, -0.1) is 0 Å². The average Bonchev–Trinajstić information content (AvgIpc) is 2.45. The van der Waals surface area contributed by atoms with Crippen molar-refractivity contribution in [3.8, 4) is 0 Å². The van der Waals surface area contributed by atoms with Crippen molar-refractivity contribution in [2.24, 2.45) is 5.73 Å². The fourth-order valence-corrected chi connectivity index (χ4v) is 2.64. The Labute approximate surface area is 130 Å². The SMILES string of the molecule is CCN1CCOC(CNc2cc(Cl)ccc2C(N)=S)C1. The van der Waals surface area contributed by atoms with Crippen LogP contribution in [0.1, 0.15) is 12.5 Å². The molecule has 1 saturated heterocycles. The van der Waals surface area contributed by atoms with Crippen LogP contribution in [0.4, 0.5) is 5.69 Å². The number of ether oxygens (including phenoxy) is 1. The summed E-state index contributed by atoms with van der Waals surface area (Å²) in [5.41, 5.74) is 7.40. The van der Waals surface area contributed by atoms with E-state index in [4.69, 9.17) is 34.3 Å². The van der Waals surface area contributed by atoms with Crippen molar-refractivity contribution in [1.82, 2.24) is 4.90 Å². The summed E-state index contributed by atoms with van der Waals surface area (Å²) in [4.78, 5) is 2.74. The van der Waals surface area contributed by atoms with Crippen molar-refractivity contribution in [2.45, 2.75) is 13.0 Å². The predicted octanol–water partition coefficient (Wildman–Crippen LogP) is 2.11. The lowest BCUT2D eigenvalue weighted by Crippen LogP contribution is -2.45. The molecule has 1 heterocycles. The highest BCUT2D eigenvalue weighted by Crippen LogP contribution is 2.21. The predicted molar refractivity (Wildman–Crippen MR) is 87.7 cm³/mol. The lowest BCUT2D eigenvalue weighted by atomic mass is 10.1. The number of rotatable bonds is 5. The topological polar surface area (TPSA) is 50.5 Å². The molecule has 1 fully saturated rings. The molecule has 1 aliphatic rings. The Balaban J connectivity index is 1.99. The van der Waals surface area contributed by atoms with Crippen LogP contribution in [0.15, 0.2) is 18.2 Å². The molecule has 6 heteroatoms. The van der Waals surface area contributed by atoms with Crippen molar-refractivity contribution in [2.75, 3.05) is 38.1 Å². The van der Waals surface area contributed by atoms with Gasteiger partial charge in [0.25, 0.3) is 0 Å². The summed E-state index contributed by atoms with van der Waals surface area (Å²) in [6.45, 7) is 6.64. The molecule has 2 rings (SSSR count). The number of morpholine rings is 1. The van der Waals surface area contributed by atoms with Crippen LogP contribution in [0.25, 0.3) is 0 Å². The zero-order valence-corrected chi connectivity index (χ0v) is 13.1. The number of benzene rings is 1. The third kappa shape index (κ3) is 4.06. The quantitative estimate of drug-likeness (QED) is 0.815. The van der Waals surface area contributed by atoms with E-state index in [0.29, 0.717) is 16.6 Å². The Kier molecular flexibility index (Phi) is 5.60. The molecule has 0 bridgehead atoms. The molecule has 110 valence electrons. The smallest absolute Gasteiger partial charge is 0.106 e. The first-order chi connectivity index (χ1) is 9.60. The van der Waals surface area contributed by atoms with Crippen LogP contribution >= 0.6 is 23.8 Å². The highest BCUT2D eigenvalue weighted by atomic mass is 35.5. The number of nitrogens with zero attached hydrogens (tertiary/aromatic N) is 1. The summed E-state index contributed by atoms with van der Waals surface area (Å²) in [7, 11) is 0. The maximum atomic E-state index is 6.03. The zero-order chi connectivity index (χ0) is 14.5. The number of hydrogen-bond acceptors (Lipinski definition) is 4. The maximum Gasteiger partial charge on any atom is 0.106 e. The van der Waals surface area contributed by atoms with Gasteiger partial charge in [-0.05, 0) is 24.7 Å². The number of anilines is 1. The molecule has 1 atom stereocenters. The number of hydrogen-bond donors (Lipinski definition) is 2. The first-order valence-electron chi connectivity index (χ1n) is 6.77. The van der Waals surface area contributed by atoms with Gasteiger partial charge in [-0.2, -0.15) is 0 Å². The van der Waals surface area contributed by atoms with E-state index in [-0.39, 0.29) is 6.10 Å². The molecule has 1 aromatic carbocycles. The van der Waals surface area contributed by atoms with Gasteiger partial charge in [-0.25, -0.2) is 0 Å². The fourth-order valence-electron chi connectivity index (χ4n) is 2.29. The Morgan fingerprint density at radius 1 is 1.60 bits per heavy atom. The van der Waals surface area contributed by atoms with Gasteiger partial charge in [0, 0.05) is 35.9 Å². The van der Waals surface area contributed by atoms with Crippen molar-refractivity contribution >= 4 is 34.5 Å². The lowest BCUT2D eigenvalue weighted by Gasteiger charge is -2.32. The van der Waals surface area contributed by atoms with Crippen LogP contribution in [0.2, 0.25) is 5.02 Å². The molecule has 0 radical (unpaired) electrons. The number of thiocarbonyl (C=S) groups is 1. The summed E-state index contributed by atoms with van der Waals surface area (Å²) in [6.07, 6.45) is 0.168. The van der Waals surface area contributed by atoms with Gasteiger partial charge in [-0.3, -0.25) is 4.90 Å². The van der Waals surface area contributed by atoms with Crippen LogP contribution in [0.3, 0.4) is 0 Å². The largest absolute Gasteiger partial charge is 0.389 e. The Hall–Kier alpha value is -0.880. The minimum absolute atomic E-state index is 0.168. The molecule has 0 amide bonds. The van der Waals surface area contributed by atoms with Gasteiger partial charge in [0.1, 0.15) is 4.99 Å². The molecule has 0 spiro atoms. The molecule has 0 aliphatic carbocycles. The molecule has 4 nitrogen and oxygen atoms in total. The minimum Gasteiger partial charge on any atom is -0.389 e. The van der Waals surface area contributed by atoms with E-state index >= 15 is 0 Å². The van der Waals surface area contributed by atoms with Gasteiger partial charge >= 0.3 is 0 Å². The Morgan fingerprint density at radius 3 is 3.10 bits per heavy atom. The van der Waals surface area contributed by atoms with E-state index in [0.717, 1.165) is 37.5 Å². The average molecular weight is 314 g/mol. The van der Waals surface area contributed by atoms with E-state index in [1.54, 1.807) is 6.07 Å². The fraction of sp³-hybridized carbons (Fsp3) is 0.500. The number of halogens is 1.